The molecule has 1 atom stereocenters. The van der Waals surface area contributed by atoms with Gasteiger partial charge >= 0.3 is 5.97 Å². The van der Waals surface area contributed by atoms with Gasteiger partial charge in [0.05, 0.1) is 30.9 Å². The zero-order valence-electron chi connectivity index (χ0n) is 19.7. The monoisotopic (exact) mass is 507 g/mol. The van der Waals surface area contributed by atoms with E-state index in [0.717, 1.165) is 0 Å². The maximum Gasteiger partial charge on any atom is 0.308 e. The lowest BCUT2D eigenvalue weighted by Gasteiger charge is -2.26. The molecular formula is C27H22ClNO7. The van der Waals surface area contributed by atoms with E-state index in [2.05, 4.69) is 0 Å². The topological polar surface area (TPSA) is 102 Å². The van der Waals surface area contributed by atoms with Crippen molar-refractivity contribution in [1.29, 1.82) is 0 Å². The number of rotatable bonds is 6. The molecule has 8 nitrogen and oxygen atoms in total. The summed E-state index contributed by atoms with van der Waals surface area (Å²) in [6, 6.07) is 16.5. The van der Waals surface area contributed by atoms with Gasteiger partial charge in [-0.15, -0.1) is 0 Å². The number of hydrogen-bond acceptors (Lipinski definition) is 7. The van der Waals surface area contributed by atoms with Crippen molar-refractivity contribution in [3.05, 3.63) is 88.5 Å². The number of aliphatic hydroxyl groups excluding tert-OH is 1. The highest BCUT2D eigenvalue weighted by Gasteiger charge is 2.47. The smallest absolute Gasteiger partial charge is 0.308 e. The Morgan fingerprint density at radius 2 is 1.58 bits per heavy atom. The molecule has 3 aromatic carbocycles. The first-order valence-corrected chi connectivity index (χ1v) is 11.2. The van der Waals surface area contributed by atoms with Crippen LogP contribution in [0.15, 0.2) is 72.3 Å². The lowest BCUT2D eigenvalue weighted by molar-refractivity contribution is -0.132. The quantitative estimate of drug-likeness (QED) is 0.166. The van der Waals surface area contributed by atoms with E-state index in [1.54, 1.807) is 48.5 Å². The molecule has 0 aromatic heterocycles. The number of methoxy groups -OCH3 is 2. The van der Waals surface area contributed by atoms with Crippen LogP contribution < -0.4 is 19.1 Å². The summed E-state index contributed by atoms with van der Waals surface area (Å²) in [5, 5.41) is 11.5. The average molecular weight is 508 g/mol. The number of ketones is 1. The van der Waals surface area contributed by atoms with E-state index in [4.69, 9.17) is 25.8 Å². The molecule has 1 fully saturated rings. The molecule has 0 spiro atoms. The second-order valence-corrected chi connectivity index (χ2v) is 8.29. The second kappa shape index (κ2) is 10.1. The minimum absolute atomic E-state index is 0.130. The number of halogens is 1. The highest BCUT2D eigenvalue weighted by atomic mass is 35.5. The summed E-state index contributed by atoms with van der Waals surface area (Å²) >= 11 is 6.34. The fourth-order valence-electron chi connectivity index (χ4n) is 4.03. The van der Waals surface area contributed by atoms with Gasteiger partial charge in [0.1, 0.15) is 23.0 Å². The van der Waals surface area contributed by atoms with Crippen LogP contribution in [0.3, 0.4) is 0 Å². The molecule has 1 N–H and O–H groups in total. The Bertz CT molecular complexity index is 1380. The Morgan fingerprint density at radius 3 is 2.22 bits per heavy atom. The summed E-state index contributed by atoms with van der Waals surface area (Å²) in [5.41, 5.74) is 0.789. The minimum atomic E-state index is -1.05. The number of anilines is 1. The Balaban J connectivity index is 1.95. The molecule has 1 heterocycles. The first kappa shape index (κ1) is 24.8. The summed E-state index contributed by atoms with van der Waals surface area (Å²) in [6.07, 6.45) is 0. The highest BCUT2D eigenvalue weighted by Crippen LogP contribution is 2.44. The van der Waals surface area contributed by atoms with Gasteiger partial charge in [-0.2, -0.15) is 0 Å². The molecular weight excluding hydrogens is 486 g/mol. The van der Waals surface area contributed by atoms with Crippen LogP contribution in [0.25, 0.3) is 5.76 Å². The highest BCUT2D eigenvalue weighted by molar-refractivity contribution is 6.52. The van der Waals surface area contributed by atoms with Crippen LogP contribution in [0, 0.1) is 0 Å². The van der Waals surface area contributed by atoms with E-state index < -0.39 is 29.5 Å². The molecule has 4 rings (SSSR count). The predicted molar refractivity (Wildman–Crippen MR) is 134 cm³/mol. The first-order chi connectivity index (χ1) is 17.2. The number of ether oxygens (including phenoxy) is 3. The molecule has 0 radical (unpaired) electrons. The standard InChI is InChI=1S/C27H22ClNO7/c1-15(30)36-20-6-4-5-16(13-20)24-23(25(31)21-14-19(35-3)11-12-22(21)28)26(32)27(33)29(24)17-7-9-18(34-2)10-8-17/h4-14,24,31H,1-3H3/b25-23+. The molecule has 9 heteroatoms. The lowest BCUT2D eigenvalue weighted by Crippen LogP contribution is -2.29. The molecule has 0 bridgehead atoms. The Kier molecular flexibility index (Phi) is 6.98. The molecule has 184 valence electrons. The van der Waals surface area contributed by atoms with Gasteiger partial charge in [0.25, 0.3) is 11.7 Å². The number of carbonyl (C=O) groups is 3. The third kappa shape index (κ3) is 4.63. The number of aliphatic hydroxyl groups is 1. The van der Waals surface area contributed by atoms with E-state index >= 15 is 0 Å². The van der Waals surface area contributed by atoms with E-state index in [1.807, 2.05) is 0 Å². The molecule has 1 amide bonds. The number of esters is 1. The van der Waals surface area contributed by atoms with E-state index in [-0.39, 0.29) is 21.9 Å². The molecule has 1 aliphatic heterocycles. The van der Waals surface area contributed by atoms with E-state index in [9.17, 15) is 19.5 Å². The zero-order chi connectivity index (χ0) is 26.0. The van der Waals surface area contributed by atoms with Gasteiger partial charge < -0.3 is 19.3 Å². The SMILES string of the molecule is COc1ccc(N2C(=O)C(=O)/C(=C(/O)c3cc(OC)ccc3Cl)C2c2cccc(OC(C)=O)c2)cc1. The molecule has 1 saturated heterocycles. The fourth-order valence-corrected chi connectivity index (χ4v) is 4.24. The number of benzene rings is 3. The Morgan fingerprint density at radius 1 is 0.917 bits per heavy atom. The predicted octanol–water partition coefficient (Wildman–Crippen LogP) is 4.91. The van der Waals surface area contributed by atoms with Crippen LogP contribution in [0.5, 0.6) is 17.2 Å². The maximum absolute atomic E-state index is 13.3. The van der Waals surface area contributed by atoms with Crippen molar-refractivity contribution in [3.8, 4) is 17.2 Å². The number of carbonyl (C=O) groups excluding carboxylic acids is 3. The van der Waals surface area contributed by atoms with Crippen molar-refractivity contribution in [2.24, 2.45) is 0 Å². The summed E-state index contributed by atoms with van der Waals surface area (Å²) in [5.74, 6) is -1.55. The summed E-state index contributed by atoms with van der Waals surface area (Å²) in [7, 11) is 2.97. The summed E-state index contributed by atoms with van der Waals surface area (Å²) in [6.45, 7) is 1.26. The number of amides is 1. The maximum atomic E-state index is 13.3. The summed E-state index contributed by atoms with van der Waals surface area (Å²) in [4.78, 5) is 39.5. The Hall–Kier alpha value is -4.30. The van der Waals surface area contributed by atoms with E-state index in [0.29, 0.717) is 22.7 Å². The largest absolute Gasteiger partial charge is 0.507 e. The molecule has 3 aromatic rings. The van der Waals surface area contributed by atoms with Crippen LogP contribution in [0.4, 0.5) is 5.69 Å². The first-order valence-electron chi connectivity index (χ1n) is 10.8. The van der Waals surface area contributed by atoms with Crippen LogP contribution in [0.1, 0.15) is 24.1 Å². The van der Waals surface area contributed by atoms with Gasteiger partial charge in [0.15, 0.2) is 0 Å². The van der Waals surface area contributed by atoms with Crippen molar-refractivity contribution >= 4 is 40.7 Å². The van der Waals surface area contributed by atoms with Crippen LogP contribution in [0.2, 0.25) is 5.02 Å². The molecule has 0 aliphatic carbocycles. The van der Waals surface area contributed by atoms with E-state index in [1.165, 1.54) is 44.2 Å². The van der Waals surface area contributed by atoms with Crippen LogP contribution in [-0.2, 0) is 14.4 Å². The average Bonchev–Trinajstić information content (AvgIpc) is 3.14. The second-order valence-electron chi connectivity index (χ2n) is 7.88. The fraction of sp³-hybridized carbons (Fsp3) is 0.148. The minimum Gasteiger partial charge on any atom is -0.507 e. The van der Waals surface area contributed by atoms with Gasteiger partial charge in [-0.3, -0.25) is 19.3 Å². The van der Waals surface area contributed by atoms with Gasteiger partial charge in [-0.05, 0) is 60.2 Å². The van der Waals surface area contributed by atoms with Crippen molar-refractivity contribution in [2.45, 2.75) is 13.0 Å². The van der Waals surface area contributed by atoms with Gasteiger partial charge in [-0.1, -0.05) is 23.7 Å². The van der Waals surface area contributed by atoms with Crippen molar-refractivity contribution in [3.63, 3.8) is 0 Å². The third-order valence-corrected chi connectivity index (χ3v) is 5.99. The lowest BCUT2D eigenvalue weighted by atomic mass is 9.95. The molecule has 0 saturated carbocycles. The summed E-state index contributed by atoms with van der Waals surface area (Å²) < 4.78 is 15.6. The van der Waals surface area contributed by atoms with Crippen molar-refractivity contribution < 1.29 is 33.7 Å². The van der Waals surface area contributed by atoms with Gasteiger partial charge in [0, 0.05) is 18.2 Å². The normalized spacial score (nSPS) is 16.7. The third-order valence-electron chi connectivity index (χ3n) is 5.66. The van der Waals surface area contributed by atoms with Crippen molar-refractivity contribution in [2.75, 3.05) is 19.1 Å². The number of Topliss-reactive ketones (excluding diaryl/α,β-unsaturated/α-hetero) is 1. The molecule has 1 aliphatic rings. The van der Waals surface area contributed by atoms with Crippen LogP contribution in [-0.4, -0.2) is 37.0 Å². The number of hydrogen-bond donors (Lipinski definition) is 1. The Labute approximate surface area is 212 Å². The zero-order valence-corrected chi connectivity index (χ0v) is 20.4. The number of nitrogens with zero attached hydrogens (tertiary/aromatic N) is 1. The molecule has 1 unspecified atom stereocenters. The van der Waals surface area contributed by atoms with Gasteiger partial charge in [0.2, 0.25) is 0 Å². The van der Waals surface area contributed by atoms with Gasteiger partial charge in [-0.25, -0.2) is 0 Å². The van der Waals surface area contributed by atoms with Crippen LogP contribution >= 0.6 is 11.6 Å². The van der Waals surface area contributed by atoms with Crippen molar-refractivity contribution in [1.82, 2.24) is 0 Å². The molecule has 36 heavy (non-hydrogen) atoms.